The molecule has 0 saturated carbocycles. The normalized spacial score (nSPS) is 22.9. The molecule has 1 fully saturated rings. The molecule has 0 aromatic heterocycles. The molecule has 19 heavy (non-hydrogen) atoms. The molecule has 3 nitrogen and oxygen atoms in total. The lowest BCUT2D eigenvalue weighted by molar-refractivity contribution is 0.174. The van der Waals surface area contributed by atoms with Gasteiger partial charge in [-0.15, -0.1) is 0 Å². The Hall–Kier alpha value is -0.466. The zero-order chi connectivity index (χ0) is 13.8. The van der Waals surface area contributed by atoms with Crippen molar-refractivity contribution in [3.8, 4) is 11.5 Å². The Labute approximate surface area is 125 Å². The highest BCUT2D eigenvalue weighted by molar-refractivity contribution is 9.10. The molecule has 0 bridgehead atoms. The lowest BCUT2D eigenvalue weighted by atomic mass is 10.3. The first-order chi connectivity index (χ1) is 8.81. The first-order valence-corrected chi connectivity index (χ1v) is 13.8. The highest BCUT2D eigenvalue weighted by Gasteiger charge is 2.49. The molecule has 0 unspecified atom stereocenters. The van der Waals surface area contributed by atoms with Crippen LogP contribution in [0, 0.1) is 0 Å². The van der Waals surface area contributed by atoms with Crippen molar-refractivity contribution in [2.45, 2.75) is 38.3 Å². The van der Waals surface area contributed by atoms with Gasteiger partial charge in [0.15, 0.2) is 11.5 Å². The summed E-state index contributed by atoms with van der Waals surface area (Å²) in [5, 5.41) is 0. The maximum Gasteiger partial charge on any atom is 0.231 e. The third-order valence-corrected chi connectivity index (χ3v) is 14.7. The summed E-state index contributed by atoms with van der Waals surface area (Å²) in [7, 11) is -2.75. The minimum Gasteiger partial charge on any atom is -0.453 e. The van der Waals surface area contributed by atoms with E-state index in [1.54, 1.807) is 0 Å². The predicted molar refractivity (Wildman–Crippen MR) is 87.3 cm³/mol. The van der Waals surface area contributed by atoms with E-state index < -0.39 is 16.5 Å². The largest absolute Gasteiger partial charge is 0.453 e. The fourth-order valence-electron chi connectivity index (χ4n) is 3.43. The summed E-state index contributed by atoms with van der Waals surface area (Å²) in [4.78, 5) is 0. The Morgan fingerprint density at radius 2 is 1.68 bits per heavy atom. The molecule has 1 aromatic carbocycles. The third-order valence-electron chi connectivity index (χ3n) is 4.22. The number of fused-ring (bicyclic) bond motifs is 1. The van der Waals surface area contributed by atoms with Gasteiger partial charge in [0.05, 0.1) is 5.69 Å². The maximum absolute atomic E-state index is 5.74. The molecule has 2 aliphatic heterocycles. The molecule has 0 radical (unpaired) electrons. The second-order valence-electron chi connectivity index (χ2n) is 6.62. The average molecular weight is 358 g/mol. The summed E-state index contributed by atoms with van der Waals surface area (Å²) in [6, 6.07) is 6.98. The van der Waals surface area contributed by atoms with Crippen LogP contribution in [0.15, 0.2) is 16.6 Å². The Kier molecular flexibility index (Phi) is 3.03. The second-order valence-corrected chi connectivity index (χ2v) is 17.1. The van der Waals surface area contributed by atoms with Crippen LogP contribution >= 0.6 is 15.9 Å². The average Bonchev–Trinajstić information content (AvgIpc) is 2.81. The quantitative estimate of drug-likeness (QED) is 0.694. The number of hydrogen-bond donors (Lipinski definition) is 0. The van der Waals surface area contributed by atoms with Crippen LogP contribution in [0.25, 0.3) is 0 Å². The van der Waals surface area contributed by atoms with E-state index in [0.29, 0.717) is 6.79 Å². The van der Waals surface area contributed by atoms with Crippen molar-refractivity contribution in [2.24, 2.45) is 0 Å². The van der Waals surface area contributed by atoms with Crippen molar-refractivity contribution in [3.63, 3.8) is 0 Å². The molecule has 0 amide bonds. The summed E-state index contributed by atoms with van der Waals surface area (Å²) in [5.41, 5.74) is 1.26. The van der Waals surface area contributed by atoms with Crippen LogP contribution in [0.1, 0.15) is 0 Å². The first-order valence-electron chi connectivity index (χ1n) is 6.71. The summed E-state index contributed by atoms with van der Waals surface area (Å²) in [5.74, 6) is 1.83. The molecule has 1 saturated heterocycles. The fourth-order valence-corrected chi connectivity index (χ4v) is 18.1. The van der Waals surface area contributed by atoms with Crippen LogP contribution in [-0.2, 0) is 0 Å². The minimum atomic E-state index is -1.37. The molecule has 3 rings (SSSR count). The van der Waals surface area contributed by atoms with Crippen LogP contribution in [-0.4, -0.2) is 23.3 Å². The Balaban J connectivity index is 2.16. The van der Waals surface area contributed by atoms with Gasteiger partial charge in [0.1, 0.15) is 16.5 Å². The molecule has 0 aliphatic carbocycles. The number of ether oxygens (including phenoxy) is 2. The van der Waals surface area contributed by atoms with E-state index >= 15 is 0 Å². The maximum atomic E-state index is 5.74. The van der Waals surface area contributed by atoms with Crippen LogP contribution in [0.3, 0.4) is 0 Å². The van der Waals surface area contributed by atoms with Gasteiger partial charge in [0, 0.05) is 4.47 Å². The number of benzene rings is 1. The van der Waals surface area contributed by atoms with E-state index in [0.717, 1.165) is 16.0 Å². The van der Waals surface area contributed by atoms with E-state index in [4.69, 9.17) is 9.47 Å². The Bertz CT molecular complexity index is 518. The summed E-state index contributed by atoms with van der Waals surface area (Å²) in [6.07, 6.45) is 0. The molecule has 0 N–H and O–H groups in total. The van der Waals surface area contributed by atoms with Gasteiger partial charge in [-0.25, -0.2) is 0 Å². The number of halogens is 1. The number of nitrogens with zero attached hydrogens (tertiary/aromatic N) is 1. The van der Waals surface area contributed by atoms with Gasteiger partial charge in [0.2, 0.25) is 6.79 Å². The van der Waals surface area contributed by atoms with Gasteiger partial charge >= 0.3 is 0 Å². The van der Waals surface area contributed by atoms with Gasteiger partial charge < -0.3 is 13.7 Å². The molecule has 0 spiro atoms. The van der Waals surface area contributed by atoms with Crippen LogP contribution in [0.2, 0.25) is 38.3 Å². The zero-order valence-electron chi connectivity index (χ0n) is 11.9. The number of hydrogen-bond acceptors (Lipinski definition) is 3. The van der Waals surface area contributed by atoms with Crippen molar-refractivity contribution >= 4 is 38.1 Å². The molecule has 2 heterocycles. The fraction of sp³-hybridized carbons (Fsp3) is 0.538. The summed E-state index contributed by atoms with van der Waals surface area (Å²) >= 11 is 3.61. The van der Waals surface area contributed by atoms with Crippen LogP contribution < -0.4 is 13.7 Å². The molecular weight excluding hydrogens is 338 g/mol. The lowest BCUT2D eigenvalue weighted by Crippen LogP contribution is -2.55. The summed E-state index contributed by atoms with van der Waals surface area (Å²) in [6.45, 7) is 10.2. The van der Waals surface area contributed by atoms with E-state index in [1.165, 1.54) is 17.8 Å². The number of rotatable bonds is 1. The second kappa shape index (κ2) is 4.26. The topological polar surface area (TPSA) is 21.7 Å². The van der Waals surface area contributed by atoms with E-state index in [2.05, 4.69) is 52.4 Å². The Morgan fingerprint density at radius 3 is 2.32 bits per heavy atom. The SMILES string of the molecule is C[Si]1(C)CC[Si](C)(C)N1c1cc(Br)cc2c1OCO2. The highest BCUT2D eigenvalue weighted by Crippen LogP contribution is 2.50. The van der Waals surface area contributed by atoms with Crippen LogP contribution in [0.5, 0.6) is 11.5 Å². The minimum absolute atomic E-state index is 0.344. The highest BCUT2D eigenvalue weighted by atomic mass is 79.9. The molecule has 0 atom stereocenters. The summed E-state index contributed by atoms with van der Waals surface area (Å²) < 4.78 is 15.2. The standard InChI is InChI=1S/C13H20BrNO2Si2/c1-18(2)5-6-19(3,4)15(18)11-7-10(14)8-12-13(11)17-9-16-12/h7-8H,5-6,9H2,1-4H3. The van der Waals surface area contributed by atoms with Gasteiger partial charge in [-0.05, 0) is 24.2 Å². The third kappa shape index (κ3) is 2.13. The zero-order valence-corrected chi connectivity index (χ0v) is 15.5. The van der Waals surface area contributed by atoms with E-state index in [9.17, 15) is 0 Å². The van der Waals surface area contributed by atoms with Gasteiger partial charge in [-0.2, -0.15) is 0 Å². The van der Waals surface area contributed by atoms with E-state index in [-0.39, 0.29) is 0 Å². The van der Waals surface area contributed by atoms with Crippen molar-refractivity contribution in [3.05, 3.63) is 16.6 Å². The molecule has 104 valence electrons. The molecule has 6 heteroatoms. The first kappa shape index (κ1) is 13.5. The lowest BCUT2D eigenvalue weighted by Gasteiger charge is -2.41. The monoisotopic (exact) mass is 357 g/mol. The smallest absolute Gasteiger partial charge is 0.231 e. The van der Waals surface area contributed by atoms with Crippen molar-refractivity contribution in [1.82, 2.24) is 0 Å². The van der Waals surface area contributed by atoms with Crippen molar-refractivity contribution < 1.29 is 9.47 Å². The molecular formula is C13H20BrNO2Si2. The van der Waals surface area contributed by atoms with E-state index in [1.807, 2.05) is 6.07 Å². The van der Waals surface area contributed by atoms with Gasteiger partial charge in [-0.1, -0.05) is 42.1 Å². The Morgan fingerprint density at radius 1 is 1.05 bits per heavy atom. The molecule has 1 aromatic rings. The predicted octanol–water partition coefficient (Wildman–Crippen LogP) is 4.41. The molecule has 2 aliphatic rings. The van der Waals surface area contributed by atoms with Gasteiger partial charge in [-0.3, -0.25) is 0 Å². The van der Waals surface area contributed by atoms with Crippen molar-refractivity contribution in [1.29, 1.82) is 0 Å². The van der Waals surface area contributed by atoms with Crippen LogP contribution in [0.4, 0.5) is 5.69 Å². The van der Waals surface area contributed by atoms with Crippen molar-refractivity contribution in [2.75, 3.05) is 11.0 Å². The number of anilines is 1. The van der Waals surface area contributed by atoms with Gasteiger partial charge in [0.25, 0.3) is 0 Å².